The Bertz CT molecular complexity index is 1010. The minimum Gasteiger partial charge on any atom is -0.463 e. The van der Waals surface area contributed by atoms with Gasteiger partial charge in [0.25, 0.3) is 0 Å². The van der Waals surface area contributed by atoms with E-state index in [2.05, 4.69) is 25.3 Å². The van der Waals surface area contributed by atoms with Gasteiger partial charge in [-0.25, -0.2) is 14.4 Å². The number of aromatic nitrogens is 4. The molecule has 0 saturated carbocycles. The summed E-state index contributed by atoms with van der Waals surface area (Å²) in [4.78, 5) is 17.3. The molecule has 0 fully saturated rings. The van der Waals surface area contributed by atoms with Crippen molar-refractivity contribution in [1.29, 1.82) is 0 Å². The molecule has 0 aliphatic heterocycles. The molecule has 3 aromatic heterocycles. The summed E-state index contributed by atoms with van der Waals surface area (Å²) in [5.74, 6) is 0.731. The lowest BCUT2D eigenvalue weighted by atomic mass is 10.1. The van der Waals surface area contributed by atoms with Crippen LogP contribution in [0.3, 0.4) is 0 Å². The first-order chi connectivity index (χ1) is 12.8. The standard InChI is InChI=1S/C19H14FN5O/c20-14-4-1-3-13(9-14)10-23-19-24-11-15(16-12-21-6-7-22-16)18(25-19)17-5-2-8-26-17/h1-9,11-12H,10H2,(H,23,24,25). The summed E-state index contributed by atoms with van der Waals surface area (Å²) in [5.41, 5.74) is 2.76. The van der Waals surface area contributed by atoms with Gasteiger partial charge in [-0.1, -0.05) is 12.1 Å². The van der Waals surface area contributed by atoms with Crippen molar-refractivity contribution in [3.63, 3.8) is 0 Å². The predicted molar refractivity (Wildman–Crippen MR) is 94.5 cm³/mol. The second-order valence-electron chi connectivity index (χ2n) is 5.51. The first-order valence-electron chi connectivity index (χ1n) is 7.95. The highest BCUT2D eigenvalue weighted by atomic mass is 19.1. The van der Waals surface area contributed by atoms with Crippen LogP contribution in [0.15, 0.2) is 71.9 Å². The lowest BCUT2D eigenvalue weighted by molar-refractivity contribution is 0.580. The maximum absolute atomic E-state index is 13.3. The third-order valence-electron chi connectivity index (χ3n) is 3.72. The number of hydrogen-bond donors (Lipinski definition) is 1. The highest BCUT2D eigenvalue weighted by Crippen LogP contribution is 2.29. The van der Waals surface area contributed by atoms with Crippen LogP contribution in [0.2, 0.25) is 0 Å². The smallest absolute Gasteiger partial charge is 0.223 e. The van der Waals surface area contributed by atoms with Gasteiger partial charge in [-0.05, 0) is 29.8 Å². The minimum absolute atomic E-state index is 0.278. The zero-order chi connectivity index (χ0) is 17.8. The number of nitrogens with one attached hydrogen (secondary N) is 1. The predicted octanol–water partition coefficient (Wildman–Crippen LogP) is 3.94. The van der Waals surface area contributed by atoms with Gasteiger partial charge < -0.3 is 9.73 Å². The molecule has 3 heterocycles. The van der Waals surface area contributed by atoms with Crippen LogP contribution < -0.4 is 5.32 Å². The highest BCUT2D eigenvalue weighted by molar-refractivity contribution is 5.76. The summed E-state index contributed by atoms with van der Waals surface area (Å²) in [6, 6.07) is 9.98. The number of furan rings is 1. The Morgan fingerprint density at radius 3 is 2.77 bits per heavy atom. The number of hydrogen-bond acceptors (Lipinski definition) is 6. The molecule has 0 spiro atoms. The van der Waals surface area contributed by atoms with Gasteiger partial charge in [0.05, 0.1) is 18.2 Å². The fraction of sp³-hybridized carbons (Fsp3) is 0.0526. The summed E-state index contributed by atoms with van der Waals surface area (Å²) in [6.07, 6.45) is 8.11. The van der Waals surface area contributed by atoms with E-state index in [0.717, 1.165) is 5.56 Å². The van der Waals surface area contributed by atoms with Crippen LogP contribution in [0, 0.1) is 5.82 Å². The Balaban J connectivity index is 1.66. The van der Waals surface area contributed by atoms with Crippen molar-refractivity contribution >= 4 is 5.95 Å². The van der Waals surface area contributed by atoms with Crippen LogP contribution in [0.1, 0.15) is 5.56 Å². The summed E-state index contributed by atoms with van der Waals surface area (Å²) in [5, 5.41) is 3.10. The molecule has 0 aliphatic carbocycles. The molecular formula is C19H14FN5O. The number of benzene rings is 1. The zero-order valence-corrected chi connectivity index (χ0v) is 13.6. The Kier molecular flexibility index (Phi) is 4.34. The molecule has 1 N–H and O–H groups in total. The van der Waals surface area contributed by atoms with E-state index in [1.807, 2.05) is 12.1 Å². The van der Waals surface area contributed by atoms with Crippen molar-refractivity contribution < 1.29 is 8.81 Å². The second-order valence-corrected chi connectivity index (χ2v) is 5.51. The molecule has 0 bridgehead atoms. The molecule has 0 radical (unpaired) electrons. The van der Waals surface area contributed by atoms with Crippen molar-refractivity contribution in [1.82, 2.24) is 19.9 Å². The zero-order valence-electron chi connectivity index (χ0n) is 13.6. The number of nitrogens with zero attached hydrogens (tertiary/aromatic N) is 4. The van der Waals surface area contributed by atoms with E-state index in [-0.39, 0.29) is 5.82 Å². The van der Waals surface area contributed by atoms with Crippen LogP contribution >= 0.6 is 0 Å². The molecule has 128 valence electrons. The molecule has 0 unspecified atom stereocenters. The molecule has 4 rings (SSSR count). The van der Waals surface area contributed by atoms with Crippen molar-refractivity contribution in [3.8, 4) is 22.7 Å². The Hall–Kier alpha value is -3.61. The van der Waals surface area contributed by atoms with E-state index < -0.39 is 0 Å². The normalized spacial score (nSPS) is 10.7. The van der Waals surface area contributed by atoms with Gasteiger partial charge in [0.15, 0.2) is 5.76 Å². The second kappa shape index (κ2) is 7.10. The summed E-state index contributed by atoms with van der Waals surface area (Å²) in [7, 11) is 0. The maximum Gasteiger partial charge on any atom is 0.223 e. The van der Waals surface area contributed by atoms with Gasteiger partial charge in [0.1, 0.15) is 11.5 Å². The van der Waals surface area contributed by atoms with Crippen molar-refractivity contribution in [3.05, 3.63) is 78.8 Å². The molecule has 4 aromatic rings. The lowest BCUT2D eigenvalue weighted by Gasteiger charge is -2.09. The van der Waals surface area contributed by atoms with Gasteiger partial charge in [-0.3, -0.25) is 9.97 Å². The number of anilines is 1. The number of halogens is 1. The van der Waals surface area contributed by atoms with Crippen LogP contribution in [0.4, 0.5) is 10.3 Å². The van der Waals surface area contributed by atoms with Gasteiger partial charge in [-0.2, -0.15) is 0 Å². The van der Waals surface area contributed by atoms with E-state index >= 15 is 0 Å². The number of rotatable bonds is 5. The molecule has 26 heavy (non-hydrogen) atoms. The maximum atomic E-state index is 13.3. The van der Waals surface area contributed by atoms with E-state index in [1.165, 1.54) is 12.1 Å². The largest absolute Gasteiger partial charge is 0.463 e. The third-order valence-corrected chi connectivity index (χ3v) is 3.72. The fourth-order valence-corrected chi connectivity index (χ4v) is 2.52. The van der Waals surface area contributed by atoms with E-state index in [0.29, 0.717) is 35.2 Å². The highest BCUT2D eigenvalue weighted by Gasteiger charge is 2.15. The Labute approximate surface area is 148 Å². The van der Waals surface area contributed by atoms with Crippen LogP contribution in [0.5, 0.6) is 0 Å². The van der Waals surface area contributed by atoms with Gasteiger partial charge in [0.2, 0.25) is 5.95 Å². The van der Waals surface area contributed by atoms with Gasteiger partial charge in [0, 0.05) is 30.7 Å². The van der Waals surface area contributed by atoms with Crippen molar-refractivity contribution in [2.45, 2.75) is 6.54 Å². The summed E-state index contributed by atoms with van der Waals surface area (Å²) < 4.78 is 18.8. The van der Waals surface area contributed by atoms with E-state index in [1.54, 1.807) is 43.2 Å². The molecule has 1 aromatic carbocycles. The minimum atomic E-state index is -0.278. The molecule has 7 heteroatoms. The fourth-order valence-electron chi connectivity index (χ4n) is 2.52. The molecule has 0 saturated heterocycles. The monoisotopic (exact) mass is 347 g/mol. The molecule has 0 atom stereocenters. The quantitative estimate of drug-likeness (QED) is 0.589. The van der Waals surface area contributed by atoms with Crippen LogP contribution in [-0.4, -0.2) is 19.9 Å². The first kappa shape index (κ1) is 15.9. The molecule has 6 nitrogen and oxygen atoms in total. The van der Waals surface area contributed by atoms with Gasteiger partial charge in [-0.15, -0.1) is 0 Å². The average molecular weight is 347 g/mol. The average Bonchev–Trinajstić information content (AvgIpc) is 3.22. The first-order valence-corrected chi connectivity index (χ1v) is 7.95. The van der Waals surface area contributed by atoms with Crippen molar-refractivity contribution in [2.75, 3.05) is 5.32 Å². The molecule has 0 amide bonds. The van der Waals surface area contributed by atoms with Gasteiger partial charge >= 0.3 is 0 Å². The van der Waals surface area contributed by atoms with Crippen LogP contribution in [0.25, 0.3) is 22.7 Å². The van der Waals surface area contributed by atoms with Crippen molar-refractivity contribution in [2.24, 2.45) is 0 Å². The molecule has 0 aliphatic rings. The van der Waals surface area contributed by atoms with E-state index in [9.17, 15) is 4.39 Å². The summed E-state index contributed by atoms with van der Waals surface area (Å²) in [6.45, 7) is 0.403. The third kappa shape index (κ3) is 3.41. The Morgan fingerprint density at radius 2 is 2.00 bits per heavy atom. The molecular weight excluding hydrogens is 333 g/mol. The van der Waals surface area contributed by atoms with E-state index in [4.69, 9.17) is 4.42 Å². The summed E-state index contributed by atoms with van der Waals surface area (Å²) >= 11 is 0. The van der Waals surface area contributed by atoms with Crippen LogP contribution in [-0.2, 0) is 6.54 Å². The lowest BCUT2D eigenvalue weighted by Crippen LogP contribution is -2.05. The SMILES string of the molecule is Fc1cccc(CNc2ncc(-c3cnccn3)c(-c3ccco3)n2)c1. The topological polar surface area (TPSA) is 76.7 Å². The Morgan fingerprint density at radius 1 is 1.04 bits per heavy atom.